The minimum Gasteiger partial charge on any atom is -0.493 e. The fourth-order valence-corrected chi connectivity index (χ4v) is 3.82. The molecule has 0 amide bonds. The second-order valence-corrected chi connectivity index (χ2v) is 8.27. The quantitative estimate of drug-likeness (QED) is 0.416. The molecule has 1 aromatic carbocycles. The molecule has 0 aliphatic carbocycles. The first kappa shape index (κ1) is 20.8. The summed E-state index contributed by atoms with van der Waals surface area (Å²) < 4.78 is 13.3. The topological polar surface area (TPSA) is 88.1 Å². The van der Waals surface area contributed by atoms with Gasteiger partial charge in [-0.05, 0) is 37.1 Å². The van der Waals surface area contributed by atoms with Gasteiger partial charge in [0.15, 0.2) is 5.65 Å². The third kappa shape index (κ3) is 5.34. The average Bonchev–Trinajstić information content (AvgIpc) is 3.04. The second-order valence-electron chi connectivity index (χ2n) is 6.88. The van der Waals surface area contributed by atoms with E-state index < -0.39 is 0 Å². The third-order valence-electron chi connectivity index (χ3n) is 3.91. The maximum atomic E-state index is 5.96. The van der Waals surface area contributed by atoms with Crippen molar-refractivity contribution in [3.8, 4) is 5.75 Å². The van der Waals surface area contributed by atoms with E-state index in [2.05, 4.69) is 38.0 Å². The van der Waals surface area contributed by atoms with Crippen LogP contribution >= 0.6 is 21.0 Å². The Hall–Kier alpha value is -1.89. The summed E-state index contributed by atoms with van der Waals surface area (Å²) in [6, 6.07) is 7.95. The Bertz CT molecular complexity index is 917. The molecule has 2 aromatic heterocycles. The summed E-state index contributed by atoms with van der Waals surface area (Å²) in [6.45, 7) is 7.61. The van der Waals surface area contributed by atoms with E-state index in [9.17, 15) is 0 Å². The maximum Gasteiger partial charge on any atom is 0.223 e. The minimum atomic E-state index is 0.0422. The van der Waals surface area contributed by atoms with Crippen molar-refractivity contribution in [2.24, 2.45) is 5.92 Å². The van der Waals surface area contributed by atoms with Gasteiger partial charge in [-0.3, -0.25) is 0 Å². The van der Waals surface area contributed by atoms with Crippen molar-refractivity contribution in [3.05, 3.63) is 30.6 Å². The summed E-state index contributed by atoms with van der Waals surface area (Å²) in [7, 11) is 2.56. The zero-order valence-corrected chi connectivity index (χ0v) is 18.3. The van der Waals surface area contributed by atoms with E-state index in [0.29, 0.717) is 31.1 Å². The molecule has 2 heterocycles. The first-order valence-electron chi connectivity index (χ1n) is 9.17. The number of hydrogen-bond acceptors (Lipinski definition) is 7. The van der Waals surface area contributed by atoms with Gasteiger partial charge in [0.05, 0.1) is 31.9 Å². The van der Waals surface area contributed by atoms with Gasteiger partial charge in [0.2, 0.25) is 5.95 Å². The highest BCUT2D eigenvalue weighted by Crippen LogP contribution is 2.32. The summed E-state index contributed by atoms with van der Waals surface area (Å²) in [5, 5.41) is 0.733. The summed E-state index contributed by atoms with van der Waals surface area (Å²) in [5.74, 6) is 1.58. The monoisotopic (exact) mass is 419 g/mol. The molecule has 2 atom stereocenters. The number of benzene rings is 1. The standard InChI is InChI=1S/C19H26N5O2PS/c1-12(2)9-25-14-4-6-15(7-5-14)28-18-16-17(22-19(20)23-18)24(10-21-16)8-13(3)26-11-27/h4-7,10,12-13H,8-9,11,27H2,1-3H3,(H2,20,22,23). The lowest BCUT2D eigenvalue weighted by Gasteiger charge is -2.12. The number of nitrogens with two attached hydrogens (primary N) is 1. The van der Waals surface area contributed by atoms with E-state index in [-0.39, 0.29) is 12.1 Å². The van der Waals surface area contributed by atoms with Gasteiger partial charge in [0.25, 0.3) is 0 Å². The number of hydrogen-bond donors (Lipinski definition) is 1. The molecule has 2 unspecified atom stereocenters. The lowest BCUT2D eigenvalue weighted by atomic mass is 10.2. The second kappa shape index (κ2) is 9.54. The van der Waals surface area contributed by atoms with Gasteiger partial charge in [-0.15, -0.1) is 9.24 Å². The van der Waals surface area contributed by atoms with Gasteiger partial charge in [0, 0.05) is 4.90 Å². The predicted molar refractivity (Wildman–Crippen MR) is 116 cm³/mol. The van der Waals surface area contributed by atoms with E-state index in [1.54, 1.807) is 6.33 Å². The van der Waals surface area contributed by atoms with Crippen LogP contribution in [-0.2, 0) is 11.3 Å². The molecule has 0 spiro atoms. The summed E-state index contributed by atoms with van der Waals surface area (Å²) in [6.07, 6.45) is 2.39. The Kier molecular flexibility index (Phi) is 7.10. The molecule has 2 N–H and O–H groups in total. The van der Waals surface area contributed by atoms with Gasteiger partial charge in [-0.1, -0.05) is 25.6 Å². The normalized spacial score (nSPS) is 12.6. The first-order valence-corrected chi connectivity index (χ1v) is 10.8. The molecule has 0 saturated heterocycles. The molecule has 9 heteroatoms. The van der Waals surface area contributed by atoms with Crippen molar-refractivity contribution in [1.82, 2.24) is 19.5 Å². The molecule has 0 saturated carbocycles. The number of nitrogens with zero attached hydrogens (tertiary/aromatic N) is 4. The van der Waals surface area contributed by atoms with Gasteiger partial charge in [-0.25, -0.2) is 9.97 Å². The van der Waals surface area contributed by atoms with Crippen molar-refractivity contribution in [2.75, 3.05) is 18.7 Å². The summed E-state index contributed by atoms with van der Waals surface area (Å²) in [4.78, 5) is 14.3. The Morgan fingerprint density at radius 2 is 1.93 bits per heavy atom. The number of rotatable bonds is 9. The van der Waals surface area contributed by atoms with Crippen molar-refractivity contribution < 1.29 is 9.47 Å². The Morgan fingerprint density at radius 1 is 1.18 bits per heavy atom. The highest BCUT2D eigenvalue weighted by atomic mass is 32.2. The number of anilines is 1. The Morgan fingerprint density at radius 3 is 2.61 bits per heavy atom. The van der Waals surface area contributed by atoms with Crippen LogP contribution in [0.15, 0.2) is 40.5 Å². The molecule has 7 nitrogen and oxygen atoms in total. The molecule has 3 aromatic rings. The zero-order chi connectivity index (χ0) is 20.1. The maximum absolute atomic E-state index is 5.96. The fraction of sp³-hybridized carbons (Fsp3) is 0.421. The van der Waals surface area contributed by atoms with Crippen molar-refractivity contribution in [1.29, 1.82) is 0 Å². The fourth-order valence-electron chi connectivity index (χ4n) is 2.61. The molecular formula is C19H26N5O2PS. The molecule has 0 radical (unpaired) electrons. The van der Waals surface area contributed by atoms with Gasteiger partial charge in [0.1, 0.15) is 16.3 Å². The number of fused-ring (bicyclic) bond motifs is 1. The van der Waals surface area contributed by atoms with E-state index in [1.165, 1.54) is 11.8 Å². The number of imidazole rings is 1. The predicted octanol–water partition coefficient (Wildman–Crippen LogP) is 3.83. The van der Waals surface area contributed by atoms with E-state index >= 15 is 0 Å². The van der Waals surface area contributed by atoms with Crippen LogP contribution in [0.4, 0.5) is 5.95 Å². The molecular weight excluding hydrogens is 393 g/mol. The van der Waals surface area contributed by atoms with Crippen molar-refractivity contribution in [2.45, 2.75) is 43.3 Å². The van der Waals surface area contributed by atoms with Crippen LogP contribution in [0, 0.1) is 5.92 Å². The molecule has 150 valence electrons. The van der Waals surface area contributed by atoms with Gasteiger partial charge >= 0.3 is 0 Å². The Balaban J connectivity index is 1.80. The first-order chi connectivity index (χ1) is 13.5. The molecule has 0 aliphatic rings. The third-order valence-corrected chi connectivity index (χ3v) is 5.08. The largest absolute Gasteiger partial charge is 0.493 e. The van der Waals surface area contributed by atoms with Crippen LogP contribution in [0.3, 0.4) is 0 Å². The highest BCUT2D eigenvalue weighted by Gasteiger charge is 2.15. The Labute approximate surface area is 171 Å². The average molecular weight is 419 g/mol. The van der Waals surface area contributed by atoms with Crippen LogP contribution in [-0.4, -0.2) is 38.6 Å². The number of aromatic nitrogens is 4. The molecule has 3 rings (SSSR count). The van der Waals surface area contributed by atoms with Crippen LogP contribution in [0.2, 0.25) is 0 Å². The lowest BCUT2D eigenvalue weighted by Crippen LogP contribution is -2.15. The molecule has 28 heavy (non-hydrogen) atoms. The minimum absolute atomic E-state index is 0.0422. The van der Waals surface area contributed by atoms with Crippen LogP contribution in [0.1, 0.15) is 20.8 Å². The van der Waals surface area contributed by atoms with Gasteiger partial charge in [-0.2, -0.15) is 4.98 Å². The SMILES string of the molecule is CC(C)COc1ccc(Sc2nc(N)nc3c2ncn3CC(C)OCP)cc1. The molecule has 0 bridgehead atoms. The highest BCUT2D eigenvalue weighted by molar-refractivity contribution is 7.99. The van der Waals surface area contributed by atoms with E-state index in [0.717, 1.165) is 21.2 Å². The smallest absolute Gasteiger partial charge is 0.223 e. The van der Waals surface area contributed by atoms with Crippen LogP contribution in [0.25, 0.3) is 11.2 Å². The molecule has 0 aliphatic heterocycles. The zero-order valence-electron chi connectivity index (χ0n) is 16.3. The van der Waals surface area contributed by atoms with E-state index in [4.69, 9.17) is 15.2 Å². The van der Waals surface area contributed by atoms with Crippen LogP contribution in [0.5, 0.6) is 5.75 Å². The van der Waals surface area contributed by atoms with Crippen molar-refractivity contribution >= 4 is 38.1 Å². The summed E-state index contributed by atoms with van der Waals surface area (Å²) >= 11 is 1.51. The molecule has 0 fully saturated rings. The summed E-state index contributed by atoms with van der Waals surface area (Å²) in [5.41, 5.74) is 7.40. The van der Waals surface area contributed by atoms with Gasteiger partial charge < -0.3 is 19.8 Å². The van der Waals surface area contributed by atoms with Crippen molar-refractivity contribution in [3.63, 3.8) is 0 Å². The number of nitrogen functional groups attached to an aromatic ring is 1. The van der Waals surface area contributed by atoms with E-state index in [1.807, 2.05) is 35.8 Å². The number of ether oxygens (including phenoxy) is 2. The lowest BCUT2D eigenvalue weighted by molar-refractivity contribution is 0.0912. The van der Waals surface area contributed by atoms with Crippen LogP contribution < -0.4 is 10.5 Å².